The van der Waals surface area contributed by atoms with Gasteiger partial charge in [0.25, 0.3) is 11.8 Å². The van der Waals surface area contributed by atoms with Gasteiger partial charge in [-0.25, -0.2) is 9.67 Å². The normalized spacial score (nSPS) is 18.3. The van der Waals surface area contributed by atoms with E-state index in [1.54, 1.807) is 29.9 Å². The lowest BCUT2D eigenvalue weighted by Crippen LogP contribution is -2.49. The number of aromatic nitrogens is 3. The van der Waals surface area contributed by atoms with Crippen molar-refractivity contribution >= 4 is 17.5 Å². The van der Waals surface area contributed by atoms with E-state index in [0.717, 1.165) is 12.0 Å². The van der Waals surface area contributed by atoms with Crippen LogP contribution in [0.4, 0.5) is 5.69 Å². The van der Waals surface area contributed by atoms with Crippen molar-refractivity contribution in [2.24, 2.45) is 0 Å². The lowest BCUT2D eigenvalue weighted by Gasteiger charge is -2.30. The van der Waals surface area contributed by atoms with Crippen molar-refractivity contribution in [1.82, 2.24) is 20.1 Å². The molecule has 2 N–H and O–H groups in total. The summed E-state index contributed by atoms with van der Waals surface area (Å²) in [4.78, 5) is 31.4. The van der Waals surface area contributed by atoms with Gasteiger partial charge in [0.2, 0.25) is 5.82 Å². The van der Waals surface area contributed by atoms with E-state index in [1.165, 1.54) is 11.2 Å². The highest BCUT2D eigenvalue weighted by Gasteiger charge is 2.33. The van der Waals surface area contributed by atoms with Crippen molar-refractivity contribution in [2.45, 2.75) is 37.5 Å². The van der Waals surface area contributed by atoms with Crippen molar-refractivity contribution in [3.05, 3.63) is 71.8 Å². The molecule has 35 heavy (non-hydrogen) atoms. The second-order valence-corrected chi connectivity index (χ2v) is 8.80. The quantitative estimate of drug-likeness (QED) is 0.561. The molecule has 0 unspecified atom stereocenters. The van der Waals surface area contributed by atoms with Crippen LogP contribution in [-0.4, -0.2) is 57.0 Å². The zero-order valence-corrected chi connectivity index (χ0v) is 19.3. The molecule has 1 atom stereocenters. The topological polar surface area (TPSA) is 110 Å². The van der Waals surface area contributed by atoms with E-state index in [4.69, 9.17) is 4.74 Å². The molecular formula is C26H25N5O4. The average Bonchev–Trinajstić information content (AvgIpc) is 3.28. The number of aliphatic hydroxyl groups is 1. The first kappa shape index (κ1) is 22.6. The van der Waals surface area contributed by atoms with Crippen molar-refractivity contribution in [3.63, 3.8) is 0 Å². The molecule has 0 bridgehead atoms. The number of hydrogen-bond acceptors (Lipinski definition) is 6. The van der Waals surface area contributed by atoms with Crippen molar-refractivity contribution in [1.29, 1.82) is 0 Å². The molecule has 1 aliphatic carbocycles. The van der Waals surface area contributed by atoms with E-state index >= 15 is 0 Å². The number of nitrogens with zero attached hydrogens (tertiary/aromatic N) is 4. The highest BCUT2D eigenvalue weighted by Crippen LogP contribution is 2.33. The lowest BCUT2D eigenvalue weighted by molar-refractivity contribution is -0.120. The van der Waals surface area contributed by atoms with Gasteiger partial charge in [-0.1, -0.05) is 42.2 Å². The Hall–Kier alpha value is -4.16. The molecule has 1 fully saturated rings. The van der Waals surface area contributed by atoms with Gasteiger partial charge in [0.1, 0.15) is 30.3 Å². The van der Waals surface area contributed by atoms with Gasteiger partial charge in [-0.05, 0) is 43.0 Å². The standard InChI is InChI=1S/C26H25N5O4/c1-30-21-14-18(10-13-26(34)11-5-12-26)8-9-22(21)35-16-20(25(30)33)28-24(32)23-27-17-31(29-23)15-19-6-3-2-4-7-19/h2-4,6-9,14,17,20,34H,5,11-12,15-16H2,1H3,(H,28,32)/t20-/m0/s1. The second-order valence-electron chi connectivity index (χ2n) is 8.80. The first-order valence-electron chi connectivity index (χ1n) is 11.4. The number of rotatable bonds is 4. The van der Waals surface area contributed by atoms with Crippen LogP contribution in [0.3, 0.4) is 0 Å². The Morgan fingerprint density at radius 2 is 2.06 bits per heavy atom. The zero-order chi connectivity index (χ0) is 24.4. The predicted octanol–water partition coefficient (Wildman–Crippen LogP) is 1.75. The molecule has 2 amide bonds. The van der Waals surface area contributed by atoms with Crippen molar-refractivity contribution in [2.75, 3.05) is 18.6 Å². The van der Waals surface area contributed by atoms with E-state index in [9.17, 15) is 14.7 Å². The van der Waals surface area contributed by atoms with E-state index in [2.05, 4.69) is 27.2 Å². The summed E-state index contributed by atoms with van der Waals surface area (Å²) in [6.45, 7) is 0.449. The number of ether oxygens (including phenoxy) is 1. The Kier molecular flexibility index (Phi) is 5.97. The van der Waals surface area contributed by atoms with Crippen LogP contribution in [0.5, 0.6) is 5.75 Å². The van der Waals surface area contributed by atoms with Gasteiger partial charge in [0.05, 0.1) is 12.2 Å². The molecule has 3 aromatic rings. The Bertz CT molecular complexity index is 1320. The molecular weight excluding hydrogens is 446 g/mol. The highest BCUT2D eigenvalue weighted by molar-refractivity contribution is 6.02. The lowest BCUT2D eigenvalue weighted by atomic mass is 9.81. The molecule has 1 aliphatic heterocycles. The van der Waals surface area contributed by atoms with Gasteiger partial charge in [0, 0.05) is 12.6 Å². The molecule has 5 rings (SSSR count). The largest absolute Gasteiger partial charge is 0.489 e. The predicted molar refractivity (Wildman–Crippen MR) is 128 cm³/mol. The van der Waals surface area contributed by atoms with E-state index in [-0.39, 0.29) is 18.3 Å². The van der Waals surface area contributed by atoms with Gasteiger partial charge in [0.15, 0.2) is 0 Å². The SMILES string of the molecule is CN1C(=O)[C@@H](NC(=O)c2ncn(Cc3ccccc3)n2)COc2ccc(C#CC3(O)CCC3)cc21. The summed E-state index contributed by atoms with van der Waals surface area (Å²) in [5.74, 6) is 5.51. The summed E-state index contributed by atoms with van der Waals surface area (Å²) in [5.41, 5.74) is 1.33. The minimum atomic E-state index is -0.914. The first-order chi connectivity index (χ1) is 16.9. The summed E-state index contributed by atoms with van der Waals surface area (Å²) < 4.78 is 7.40. The monoisotopic (exact) mass is 471 g/mol. The minimum absolute atomic E-state index is 0.0235. The number of carbonyl (C=O) groups excluding carboxylic acids is 2. The second kappa shape index (κ2) is 9.24. The summed E-state index contributed by atoms with van der Waals surface area (Å²) in [7, 11) is 1.62. The van der Waals surface area contributed by atoms with E-state index < -0.39 is 17.6 Å². The third kappa shape index (κ3) is 4.88. The van der Waals surface area contributed by atoms with Gasteiger partial charge >= 0.3 is 0 Å². The number of likely N-dealkylation sites (N-methyl/N-ethyl adjacent to an activating group) is 1. The maximum absolute atomic E-state index is 13.1. The van der Waals surface area contributed by atoms with Crippen LogP contribution in [0, 0.1) is 11.8 Å². The maximum atomic E-state index is 13.1. The minimum Gasteiger partial charge on any atom is -0.489 e. The number of fused-ring (bicyclic) bond motifs is 1. The number of nitrogens with one attached hydrogen (secondary N) is 1. The number of amides is 2. The third-order valence-electron chi connectivity index (χ3n) is 6.21. The van der Waals surface area contributed by atoms with Crippen LogP contribution in [0.25, 0.3) is 0 Å². The Morgan fingerprint density at radius 3 is 2.80 bits per heavy atom. The summed E-state index contributed by atoms with van der Waals surface area (Å²) >= 11 is 0. The van der Waals surface area contributed by atoms with Crippen molar-refractivity contribution < 1.29 is 19.4 Å². The van der Waals surface area contributed by atoms with E-state index in [1.807, 2.05) is 30.3 Å². The van der Waals surface area contributed by atoms with Crippen LogP contribution < -0.4 is 15.0 Å². The van der Waals surface area contributed by atoms with Crippen LogP contribution in [0.15, 0.2) is 54.9 Å². The summed E-state index contributed by atoms with van der Waals surface area (Å²) in [6.07, 6.45) is 3.80. The molecule has 2 aromatic carbocycles. The Balaban J connectivity index is 1.27. The fourth-order valence-corrected chi connectivity index (χ4v) is 3.97. The number of hydrogen-bond donors (Lipinski definition) is 2. The number of benzene rings is 2. The number of carbonyl (C=O) groups is 2. The molecule has 9 heteroatoms. The highest BCUT2D eigenvalue weighted by atomic mass is 16.5. The van der Waals surface area contributed by atoms with Gasteiger partial charge < -0.3 is 20.1 Å². The van der Waals surface area contributed by atoms with E-state index in [0.29, 0.717) is 36.4 Å². The molecule has 2 aliphatic rings. The summed E-state index contributed by atoms with van der Waals surface area (Å²) in [6, 6.07) is 14.1. The first-order valence-corrected chi connectivity index (χ1v) is 11.4. The van der Waals surface area contributed by atoms with Gasteiger partial charge in [-0.2, -0.15) is 0 Å². The molecule has 1 aromatic heterocycles. The fraction of sp³-hybridized carbons (Fsp3) is 0.308. The smallest absolute Gasteiger partial charge is 0.291 e. The zero-order valence-electron chi connectivity index (χ0n) is 19.3. The molecule has 9 nitrogen and oxygen atoms in total. The van der Waals surface area contributed by atoms with Gasteiger partial charge in [-0.15, -0.1) is 5.10 Å². The van der Waals surface area contributed by atoms with Crippen molar-refractivity contribution in [3.8, 4) is 17.6 Å². The average molecular weight is 472 g/mol. The fourth-order valence-electron chi connectivity index (χ4n) is 3.97. The molecule has 178 valence electrons. The molecule has 0 radical (unpaired) electrons. The Labute approximate surface area is 202 Å². The number of anilines is 1. The van der Waals surface area contributed by atoms with Crippen LogP contribution in [0.2, 0.25) is 0 Å². The molecule has 2 heterocycles. The molecule has 0 saturated heterocycles. The maximum Gasteiger partial charge on any atom is 0.291 e. The Morgan fingerprint density at radius 1 is 1.26 bits per heavy atom. The van der Waals surface area contributed by atoms with Crippen LogP contribution >= 0.6 is 0 Å². The summed E-state index contributed by atoms with van der Waals surface area (Å²) in [5, 5.41) is 17.1. The third-order valence-corrected chi connectivity index (χ3v) is 6.21. The van der Waals surface area contributed by atoms with Crippen LogP contribution in [0.1, 0.15) is 41.0 Å². The van der Waals surface area contributed by atoms with Crippen LogP contribution in [-0.2, 0) is 11.3 Å². The van der Waals surface area contributed by atoms with Gasteiger partial charge in [-0.3, -0.25) is 9.59 Å². The molecule has 0 spiro atoms. The molecule has 1 saturated carbocycles.